The Bertz CT molecular complexity index is 742. The van der Waals surface area contributed by atoms with E-state index in [-0.39, 0.29) is 12.1 Å². The number of hydrogen-bond acceptors (Lipinski definition) is 11. The third-order valence-electron chi connectivity index (χ3n) is 8.60. The zero-order valence-corrected chi connectivity index (χ0v) is 27.8. The number of ketones is 1. The molecule has 0 amide bonds. The molecular formula is C30H62N10O3. The van der Waals surface area contributed by atoms with E-state index in [1.165, 1.54) is 25.9 Å². The van der Waals surface area contributed by atoms with Crippen LogP contribution in [0.2, 0.25) is 0 Å². The standard InChI is InChI=1S/C6H12N4.C6H12N2O.C6H14N2.C6H13NO.C6H11NO/c1-10-4-2-6(3-5-10)8-9-7;1-8-4-2-6(7-9)3-5-8;1-8-4-2-6(7)3-5-8;2*1-7-4-2-6(8)3-5-7/h6H,2-5H2,1H3;9H,2-5H2,1H3;6H,2-5,7H2,1H3;6,8H,2-5H2,1H3;2-5H2,1H3. The number of likely N-dealkylation sites (tertiary alicyclic amines) is 5. The first-order valence-electron chi connectivity index (χ1n) is 16.1. The largest absolute Gasteiger partial charge is 0.411 e. The van der Waals surface area contributed by atoms with E-state index < -0.39 is 0 Å². The van der Waals surface area contributed by atoms with Gasteiger partial charge < -0.3 is 40.5 Å². The van der Waals surface area contributed by atoms with Crippen LogP contribution in [0.25, 0.3) is 10.4 Å². The Morgan fingerprint density at radius 2 is 1.05 bits per heavy atom. The number of rotatable bonds is 1. The molecule has 0 aromatic heterocycles. The third-order valence-corrected chi connectivity index (χ3v) is 8.60. The molecule has 0 saturated carbocycles. The minimum Gasteiger partial charge on any atom is -0.411 e. The lowest BCUT2D eigenvalue weighted by Gasteiger charge is -2.25. The van der Waals surface area contributed by atoms with Gasteiger partial charge in [0.25, 0.3) is 0 Å². The molecule has 250 valence electrons. The molecule has 43 heavy (non-hydrogen) atoms. The number of Topliss-reactive ketones (excluding diaryl/α,β-unsaturated/α-hetero) is 1. The predicted molar refractivity (Wildman–Crippen MR) is 175 cm³/mol. The molecule has 0 bridgehead atoms. The van der Waals surface area contributed by atoms with Crippen molar-refractivity contribution in [2.45, 2.75) is 82.4 Å². The molecule has 5 saturated heterocycles. The van der Waals surface area contributed by atoms with Gasteiger partial charge in [-0.25, -0.2) is 0 Å². The number of piperidine rings is 5. The van der Waals surface area contributed by atoms with Crippen LogP contribution in [-0.2, 0) is 4.79 Å². The second-order valence-electron chi connectivity index (χ2n) is 12.7. The van der Waals surface area contributed by atoms with Crippen LogP contribution < -0.4 is 5.73 Å². The normalized spacial score (nSPS) is 24.0. The summed E-state index contributed by atoms with van der Waals surface area (Å²) in [5.74, 6) is 0.420. The van der Waals surface area contributed by atoms with Crippen molar-refractivity contribution < 1.29 is 15.1 Å². The molecule has 13 heteroatoms. The maximum absolute atomic E-state index is 10.6. The summed E-state index contributed by atoms with van der Waals surface area (Å²) >= 11 is 0. The second kappa shape index (κ2) is 23.5. The second-order valence-corrected chi connectivity index (χ2v) is 12.7. The summed E-state index contributed by atoms with van der Waals surface area (Å²) in [5.41, 5.74) is 14.7. The van der Waals surface area contributed by atoms with Gasteiger partial charge in [0.15, 0.2) is 0 Å². The van der Waals surface area contributed by atoms with E-state index in [0.717, 1.165) is 109 Å². The molecule has 4 N–H and O–H groups in total. The first-order valence-corrected chi connectivity index (χ1v) is 16.1. The Morgan fingerprint density at radius 3 is 1.40 bits per heavy atom. The summed E-state index contributed by atoms with van der Waals surface area (Å²) in [6, 6.07) is 0.729. The Hall–Kier alpha value is -1.83. The number of aliphatic hydroxyl groups is 1. The first-order chi connectivity index (χ1) is 20.5. The van der Waals surface area contributed by atoms with Gasteiger partial charge in [-0.3, -0.25) is 4.79 Å². The van der Waals surface area contributed by atoms with Crippen molar-refractivity contribution in [3.63, 3.8) is 0 Å². The van der Waals surface area contributed by atoms with Gasteiger partial charge in [-0.1, -0.05) is 10.3 Å². The van der Waals surface area contributed by atoms with Gasteiger partial charge in [-0.15, -0.1) is 0 Å². The van der Waals surface area contributed by atoms with E-state index in [0.29, 0.717) is 11.8 Å². The molecule has 5 fully saturated rings. The highest BCUT2D eigenvalue weighted by Crippen LogP contribution is 2.11. The molecule has 5 aliphatic heterocycles. The average Bonchev–Trinajstić information content (AvgIpc) is 3.01. The number of carbonyl (C=O) groups is 1. The molecule has 0 aromatic carbocycles. The Balaban J connectivity index is 0.000000269. The lowest BCUT2D eigenvalue weighted by atomic mass is 10.1. The monoisotopic (exact) mass is 611 g/mol. The van der Waals surface area contributed by atoms with E-state index >= 15 is 0 Å². The van der Waals surface area contributed by atoms with Crippen molar-refractivity contribution in [3.8, 4) is 0 Å². The smallest absolute Gasteiger partial charge is 0.135 e. The zero-order chi connectivity index (χ0) is 32.0. The molecule has 5 aliphatic rings. The van der Waals surface area contributed by atoms with Crippen LogP contribution in [0.4, 0.5) is 0 Å². The van der Waals surface area contributed by atoms with Crippen molar-refractivity contribution in [1.82, 2.24) is 24.5 Å². The highest BCUT2D eigenvalue weighted by atomic mass is 16.4. The molecule has 0 spiro atoms. The summed E-state index contributed by atoms with van der Waals surface area (Å²) in [5, 5.41) is 24.2. The van der Waals surface area contributed by atoms with Crippen LogP contribution in [0.15, 0.2) is 10.3 Å². The number of nitrogens with two attached hydrogens (primary N) is 1. The lowest BCUT2D eigenvalue weighted by Crippen LogP contribution is -2.37. The van der Waals surface area contributed by atoms with Gasteiger partial charge in [-0.05, 0) is 105 Å². The van der Waals surface area contributed by atoms with Crippen molar-refractivity contribution in [2.24, 2.45) is 16.0 Å². The minimum absolute atomic E-state index is 0.0220. The molecule has 5 heterocycles. The van der Waals surface area contributed by atoms with Crippen molar-refractivity contribution in [1.29, 1.82) is 0 Å². The SMILES string of the molecule is CN1CCC(=NO)CC1.CN1CCC(=O)CC1.CN1CCC(N)CC1.CN1CCC(N=[N+]=[N-])CC1.CN1CCC(O)CC1. The highest BCUT2D eigenvalue weighted by molar-refractivity contribution is 5.84. The van der Waals surface area contributed by atoms with E-state index in [1.807, 2.05) is 7.05 Å². The van der Waals surface area contributed by atoms with Gasteiger partial charge >= 0.3 is 0 Å². The molecule has 13 nitrogen and oxygen atoms in total. The summed E-state index contributed by atoms with van der Waals surface area (Å²) in [6.45, 7) is 10.6. The van der Waals surface area contributed by atoms with Gasteiger partial charge in [0.1, 0.15) is 5.78 Å². The van der Waals surface area contributed by atoms with Crippen LogP contribution in [0.3, 0.4) is 0 Å². The molecule has 0 aromatic rings. The number of hydrogen-bond donors (Lipinski definition) is 3. The fraction of sp³-hybridized carbons (Fsp3) is 0.933. The maximum Gasteiger partial charge on any atom is 0.135 e. The van der Waals surface area contributed by atoms with Gasteiger partial charge in [0, 0.05) is 81.9 Å². The summed E-state index contributed by atoms with van der Waals surface area (Å²) in [4.78, 5) is 24.6. The van der Waals surface area contributed by atoms with Crippen LogP contribution in [-0.4, -0.2) is 165 Å². The number of aliphatic hydroxyl groups excluding tert-OH is 1. The van der Waals surface area contributed by atoms with Crippen LogP contribution in [0.5, 0.6) is 0 Å². The topological polar surface area (TPSA) is 161 Å². The van der Waals surface area contributed by atoms with E-state index in [2.05, 4.69) is 67.9 Å². The van der Waals surface area contributed by atoms with Crippen LogP contribution in [0, 0.1) is 0 Å². The van der Waals surface area contributed by atoms with Crippen LogP contribution >= 0.6 is 0 Å². The molecular weight excluding hydrogens is 548 g/mol. The van der Waals surface area contributed by atoms with Gasteiger partial charge in [0.2, 0.25) is 0 Å². The summed E-state index contributed by atoms with van der Waals surface area (Å²) < 4.78 is 0. The minimum atomic E-state index is -0.0220. The summed E-state index contributed by atoms with van der Waals surface area (Å²) in [7, 11) is 10.4. The number of carbonyl (C=O) groups excluding carboxylic acids is 1. The number of oxime groups is 1. The number of azide groups is 1. The van der Waals surface area contributed by atoms with E-state index in [1.54, 1.807) is 0 Å². The summed E-state index contributed by atoms with van der Waals surface area (Å²) in [6.07, 6.45) is 9.64. The Morgan fingerprint density at radius 1 is 0.674 bits per heavy atom. The highest BCUT2D eigenvalue weighted by Gasteiger charge is 2.15. The first kappa shape index (κ1) is 39.2. The van der Waals surface area contributed by atoms with Crippen molar-refractivity contribution in [2.75, 3.05) is 101 Å². The van der Waals surface area contributed by atoms with Gasteiger partial charge in [-0.2, -0.15) is 0 Å². The Kier molecular flexibility index (Phi) is 21.5. The third kappa shape index (κ3) is 20.7. The van der Waals surface area contributed by atoms with E-state index in [4.69, 9.17) is 21.6 Å². The van der Waals surface area contributed by atoms with Gasteiger partial charge in [0.05, 0.1) is 11.8 Å². The van der Waals surface area contributed by atoms with Crippen molar-refractivity contribution >= 4 is 11.5 Å². The van der Waals surface area contributed by atoms with E-state index in [9.17, 15) is 4.79 Å². The molecule has 0 radical (unpaired) electrons. The Labute approximate surface area is 260 Å². The number of nitrogens with zero attached hydrogens (tertiary/aromatic N) is 9. The maximum atomic E-state index is 10.6. The molecule has 0 atom stereocenters. The molecule has 5 rings (SSSR count). The lowest BCUT2D eigenvalue weighted by molar-refractivity contribution is -0.121. The quantitative estimate of drug-likeness (QED) is 0.133. The fourth-order valence-corrected chi connectivity index (χ4v) is 5.05. The zero-order valence-electron chi connectivity index (χ0n) is 27.8. The van der Waals surface area contributed by atoms with Crippen LogP contribution in [0.1, 0.15) is 64.2 Å². The molecule has 0 unspecified atom stereocenters. The molecule has 0 aliphatic carbocycles. The van der Waals surface area contributed by atoms with Crippen molar-refractivity contribution in [3.05, 3.63) is 10.4 Å². The fourth-order valence-electron chi connectivity index (χ4n) is 5.05. The average molecular weight is 611 g/mol. The predicted octanol–water partition coefficient (Wildman–Crippen LogP) is 2.33.